The van der Waals surface area contributed by atoms with E-state index < -0.39 is 0 Å². The van der Waals surface area contributed by atoms with E-state index in [4.69, 9.17) is 4.74 Å². The normalized spacial score (nSPS) is 17.4. The summed E-state index contributed by atoms with van der Waals surface area (Å²) in [4.78, 5) is 21.2. The van der Waals surface area contributed by atoms with Crippen molar-refractivity contribution in [1.82, 2.24) is 4.98 Å². The van der Waals surface area contributed by atoms with Crippen LogP contribution >= 0.6 is 0 Å². The number of rotatable bonds is 5. The molecule has 1 amide bonds. The van der Waals surface area contributed by atoms with Crippen LogP contribution in [0.15, 0.2) is 48.7 Å². The molecular formula is C20H25N3O2. The Hall–Kier alpha value is -2.40. The number of benzene rings is 1. The molecular weight excluding hydrogens is 314 g/mol. The maximum Gasteiger partial charge on any atom is 0.258 e. The monoisotopic (exact) mass is 339 g/mol. The van der Waals surface area contributed by atoms with Gasteiger partial charge in [0.15, 0.2) is 0 Å². The van der Waals surface area contributed by atoms with E-state index in [-0.39, 0.29) is 5.91 Å². The molecule has 1 fully saturated rings. The third-order valence-corrected chi connectivity index (χ3v) is 4.69. The Morgan fingerprint density at radius 1 is 1.32 bits per heavy atom. The van der Waals surface area contributed by atoms with Gasteiger partial charge in [0.1, 0.15) is 5.82 Å². The van der Waals surface area contributed by atoms with Crippen molar-refractivity contribution in [3.8, 4) is 0 Å². The zero-order chi connectivity index (χ0) is 17.6. The number of ether oxygens (including phenoxy) is 1. The van der Waals surface area contributed by atoms with Crippen molar-refractivity contribution in [2.24, 2.45) is 5.92 Å². The number of para-hydroxylation sites is 1. The molecule has 1 aliphatic rings. The van der Waals surface area contributed by atoms with Crippen LogP contribution < -0.4 is 9.80 Å². The molecule has 1 aromatic carbocycles. The number of methoxy groups -OCH3 is 1. The van der Waals surface area contributed by atoms with Gasteiger partial charge in [0.25, 0.3) is 5.91 Å². The molecule has 0 saturated carbocycles. The topological polar surface area (TPSA) is 45.7 Å². The molecule has 5 nitrogen and oxygen atoms in total. The largest absolute Gasteiger partial charge is 0.384 e. The molecule has 1 aliphatic heterocycles. The highest BCUT2D eigenvalue weighted by molar-refractivity contribution is 6.06. The summed E-state index contributed by atoms with van der Waals surface area (Å²) in [5, 5.41) is 0. The number of carbonyl (C=O) groups excluding carboxylic acids is 1. The maximum atomic E-state index is 12.8. The van der Waals surface area contributed by atoms with Gasteiger partial charge >= 0.3 is 0 Å². The first-order chi connectivity index (χ1) is 12.2. The van der Waals surface area contributed by atoms with Crippen molar-refractivity contribution in [2.75, 3.05) is 43.7 Å². The SMILES string of the molecule is COCC1CCCN(c2cc(C(=O)N(C)c3ccccc3)ccn2)C1. The van der Waals surface area contributed by atoms with Crippen LogP contribution in [0, 0.1) is 5.92 Å². The van der Waals surface area contributed by atoms with Crippen LogP contribution in [0.2, 0.25) is 0 Å². The summed E-state index contributed by atoms with van der Waals surface area (Å²) < 4.78 is 5.30. The number of hydrogen-bond acceptors (Lipinski definition) is 4. The molecule has 0 bridgehead atoms. The lowest BCUT2D eigenvalue weighted by Gasteiger charge is -2.33. The van der Waals surface area contributed by atoms with Gasteiger partial charge in [0.2, 0.25) is 0 Å². The molecule has 0 aliphatic carbocycles. The summed E-state index contributed by atoms with van der Waals surface area (Å²) in [7, 11) is 3.54. The predicted octanol–water partition coefficient (Wildman–Crippen LogP) is 3.22. The first-order valence-electron chi connectivity index (χ1n) is 8.72. The van der Waals surface area contributed by atoms with Crippen molar-refractivity contribution in [3.05, 3.63) is 54.2 Å². The second kappa shape index (κ2) is 8.12. The Kier molecular flexibility index (Phi) is 5.66. The number of pyridine rings is 1. The Bertz CT molecular complexity index is 703. The number of amides is 1. The lowest BCUT2D eigenvalue weighted by Crippen LogP contribution is -2.37. The van der Waals surface area contributed by atoms with Crippen LogP contribution in [0.4, 0.5) is 11.5 Å². The number of nitrogens with zero attached hydrogens (tertiary/aromatic N) is 3. The van der Waals surface area contributed by atoms with Gasteiger partial charge in [-0.1, -0.05) is 18.2 Å². The Balaban J connectivity index is 1.76. The quantitative estimate of drug-likeness (QED) is 0.839. The first-order valence-corrected chi connectivity index (χ1v) is 8.72. The van der Waals surface area contributed by atoms with E-state index >= 15 is 0 Å². The molecule has 1 unspecified atom stereocenters. The highest BCUT2D eigenvalue weighted by Gasteiger charge is 2.22. The van der Waals surface area contributed by atoms with E-state index in [1.807, 2.05) is 36.4 Å². The Morgan fingerprint density at radius 2 is 2.12 bits per heavy atom. The smallest absolute Gasteiger partial charge is 0.258 e. The van der Waals surface area contributed by atoms with E-state index in [2.05, 4.69) is 9.88 Å². The zero-order valence-corrected chi connectivity index (χ0v) is 14.9. The molecule has 2 aromatic rings. The Morgan fingerprint density at radius 3 is 2.88 bits per heavy atom. The summed E-state index contributed by atoms with van der Waals surface area (Å²) in [6.07, 6.45) is 4.03. The molecule has 0 radical (unpaired) electrons. The van der Waals surface area contributed by atoms with Crippen molar-refractivity contribution in [3.63, 3.8) is 0 Å². The van der Waals surface area contributed by atoms with E-state index in [1.165, 1.54) is 6.42 Å². The standard InChI is InChI=1S/C20H25N3O2/c1-22(18-8-4-3-5-9-18)20(24)17-10-11-21-19(13-17)23-12-6-7-16(14-23)15-25-2/h3-5,8-11,13,16H,6-7,12,14-15H2,1-2H3. The summed E-state index contributed by atoms with van der Waals surface area (Å²) in [6, 6.07) is 13.3. The van der Waals surface area contributed by atoms with Gasteiger partial charge in [0.05, 0.1) is 6.61 Å². The number of piperidine rings is 1. The molecule has 0 spiro atoms. The van der Waals surface area contributed by atoms with Crippen molar-refractivity contribution < 1.29 is 9.53 Å². The fraction of sp³-hybridized carbons (Fsp3) is 0.400. The van der Waals surface area contributed by atoms with E-state index in [0.29, 0.717) is 11.5 Å². The van der Waals surface area contributed by atoms with Crippen LogP contribution in [0.5, 0.6) is 0 Å². The molecule has 2 heterocycles. The first kappa shape index (κ1) is 17.4. The molecule has 0 N–H and O–H groups in total. The molecule has 1 saturated heterocycles. The third kappa shape index (κ3) is 4.17. The minimum Gasteiger partial charge on any atom is -0.384 e. The average Bonchev–Trinajstić information content (AvgIpc) is 2.68. The summed E-state index contributed by atoms with van der Waals surface area (Å²) in [5.74, 6) is 1.36. The molecule has 5 heteroatoms. The van der Waals surface area contributed by atoms with E-state index in [0.717, 1.165) is 37.6 Å². The molecule has 3 rings (SSSR count). The predicted molar refractivity (Wildman–Crippen MR) is 100 cm³/mol. The van der Waals surface area contributed by atoms with E-state index in [1.54, 1.807) is 31.3 Å². The maximum absolute atomic E-state index is 12.8. The van der Waals surface area contributed by atoms with Crippen LogP contribution in [0.1, 0.15) is 23.2 Å². The van der Waals surface area contributed by atoms with Crippen molar-refractivity contribution >= 4 is 17.4 Å². The van der Waals surface area contributed by atoms with Gasteiger partial charge in [0, 0.05) is 44.7 Å². The van der Waals surface area contributed by atoms with Crippen LogP contribution in [-0.2, 0) is 4.74 Å². The molecule has 1 atom stereocenters. The number of aromatic nitrogens is 1. The number of anilines is 2. The van der Waals surface area contributed by atoms with Crippen molar-refractivity contribution in [2.45, 2.75) is 12.8 Å². The van der Waals surface area contributed by atoms with Crippen LogP contribution in [0.25, 0.3) is 0 Å². The Labute approximate surface area is 149 Å². The second-order valence-corrected chi connectivity index (χ2v) is 6.51. The number of hydrogen-bond donors (Lipinski definition) is 0. The lowest BCUT2D eigenvalue weighted by molar-refractivity contribution is 0.0993. The van der Waals surface area contributed by atoms with Gasteiger partial charge in [-0.05, 0) is 43.0 Å². The van der Waals surface area contributed by atoms with Gasteiger partial charge in [-0.25, -0.2) is 4.98 Å². The summed E-state index contributed by atoms with van der Waals surface area (Å²) >= 11 is 0. The van der Waals surface area contributed by atoms with Gasteiger partial charge < -0.3 is 14.5 Å². The minimum absolute atomic E-state index is 0.0275. The molecule has 1 aromatic heterocycles. The average molecular weight is 339 g/mol. The highest BCUT2D eigenvalue weighted by atomic mass is 16.5. The van der Waals surface area contributed by atoms with Crippen LogP contribution in [-0.4, -0.2) is 44.7 Å². The summed E-state index contributed by atoms with van der Waals surface area (Å²) in [6.45, 7) is 2.66. The van der Waals surface area contributed by atoms with Gasteiger partial charge in [-0.2, -0.15) is 0 Å². The molecule has 25 heavy (non-hydrogen) atoms. The second-order valence-electron chi connectivity index (χ2n) is 6.51. The van der Waals surface area contributed by atoms with Gasteiger partial charge in [-0.3, -0.25) is 4.79 Å². The lowest BCUT2D eigenvalue weighted by atomic mass is 9.99. The van der Waals surface area contributed by atoms with Crippen molar-refractivity contribution in [1.29, 1.82) is 0 Å². The fourth-order valence-corrected chi connectivity index (χ4v) is 3.33. The highest BCUT2D eigenvalue weighted by Crippen LogP contribution is 2.23. The summed E-state index contributed by atoms with van der Waals surface area (Å²) in [5.41, 5.74) is 1.54. The minimum atomic E-state index is -0.0275. The third-order valence-electron chi connectivity index (χ3n) is 4.69. The van der Waals surface area contributed by atoms with Gasteiger partial charge in [-0.15, -0.1) is 0 Å². The van der Waals surface area contributed by atoms with E-state index in [9.17, 15) is 4.79 Å². The van der Waals surface area contributed by atoms with Crippen LogP contribution in [0.3, 0.4) is 0 Å². The molecule has 132 valence electrons. The number of carbonyl (C=O) groups is 1. The fourth-order valence-electron chi connectivity index (χ4n) is 3.33. The zero-order valence-electron chi connectivity index (χ0n) is 14.9.